The van der Waals surface area contributed by atoms with Gasteiger partial charge in [-0.25, -0.2) is 28.2 Å². The van der Waals surface area contributed by atoms with Crippen LogP contribution in [0.4, 0.5) is 5.82 Å². The van der Waals surface area contributed by atoms with Crippen LogP contribution in [-0.4, -0.2) is 34.7 Å². The molecule has 8 nitrogen and oxygen atoms in total. The number of nitrogens with one attached hydrogen (secondary N) is 1. The van der Waals surface area contributed by atoms with Gasteiger partial charge in [0.05, 0.1) is 22.2 Å². The van der Waals surface area contributed by atoms with E-state index in [0.29, 0.717) is 18.8 Å². The molecule has 0 aliphatic rings. The molecule has 4 rings (SSSR count). The monoisotopic (exact) mass is 422 g/mol. The summed E-state index contributed by atoms with van der Waals surface area (Å²) in [5.74, 6) is 0.705. The van der Waals surface area contributed by atoms with Crippen molar-refractivity contribution in [3.63, 3.8) is 0 Å². The first kappa shape index (κ1) is 20.0. The minimum Gasteiger partial charge on any atom is -0.369 e. The van der Waals surface area contributed by atoms with Gasteiger partial charge in [-0.15, -0.1) is 0 Å². The Morgan fingerprint density at radius 1 is 1.03 bits per heavy atom. The fourth-order valence-electron chi connectivity index (χ4n) is 3.20. The summed E-state index contributed by atoms with van der Waals surface area (Å²) in [7, 11) is -3.68. The molecule has 0 radical (unpaired) electrons. The summed E-state index contributed by atoms with van der Waals surface area (Å²) in [6.45, 7) is 4.77. The number of fused-ring (bicyclic) bond motifs is 1. The van der Waals surface area contributed by atoms with E-state index in [0.717, 1.165) is 22.3 Å². The summed E-state index contributed by atoms with van der Waals surface area (Å²) < 4.78 is 24.5. The third-order valence-electron chi connectivity index (χ3n) is 5.06. The van der Waals surface area contributed by atoms with E-state index in [9.17, 15) is 8.42 Å². The van der Waals surface area contributed by atoms with Crippen molar-refractivity contribution in [1.82, 2.24) is 19.7 Å². The molecule has 0 saturated carbocycles. The summed E-state index contributed by atoms with van der Waals surface area (Å²) in [6.07, 6.45) is 3.97. The first-order chi connectivity index (χ1) is 14.3. The smallest absolute Gasteiger partial charge is 0.238 e. The van der Waals surface area contributed by atoms with E-state index in [1.165, 1.54) is 29.6 Å². The van der Waals surface area contributed by atoms with E-state index >= 15 is 0 Å². The Bertz CT molecular complexity index is 1310. The second-order valence-corrected chi connectivity index (χ2v) is 8.71. The van der Waals surface area contributed by atoms with Gasteiger partial charge in [0, 0.05) is 6.54 Å². The van der Waals surface area contributed by atoms with Gasteiger partial charge >= 0.3 is 0 Å². The molecule has 0 atom stereocenters. The molecule has 4 aromatic rings. The maximum Gasteiger partial charge on any atom is 0.238 e. The molecule has 0 aliphatic carbocycles. The van der Waals surface area contributed by atoms with Crippen molar-refractivity contribution in [2.24, 2.45) is 5.14 Å². The average molecular weight is 423 g/mol. The molecular formula is C21H22N6O2S. The van der Waals surface area contributed by atoms with Crippen molar-refractivity contribution in [3.05, 3.63) is 71.7 Å². The number of primary sulfonamides is 1. The van der Waals surface area contributed by atoms with Crippen LogP contribution in [0.25, 0.3) is 16.7 Å². The molecule has 0 saturated heterocycles. The Balaban J connectivity index is 1.51. The van der Waals surface area contributed by atoms with E-state index in [4.69, 9.17) is 5.14 Å². The van der Waals surface area contributed by atoms with E-state index in [1.54, 1.807) is 23.0 Å². The summed E-state index contributed by atoms with van der Waals surface area (Å²) in [6, 6.07) is 12.7. The van der Waals surface area contributed by atoms with Gasteiger partial charge in [0.2, 0.25) is 10.0 Å². The summed E-state index contributed by atoms with van der Waals surface area (Å²) in [5, 5.41) is 13.8. The highest BCUT2D eigenvalue weighted by Gasteiger charge is 2.12. The van der Waals surface area contributed by atoms with Gasteiger partial charge in [-0.2, -0.15) is 5.10 Å². The lowest BCUT2D eigenvalue weighted by molar-refractivity contribution is 0.598. The standard InChI is InChI=1S/C21H22N6O2S/c1-14-3-6-17(11-15(14)2)27-21-19(12-26-27)20(24-13-25-21)23-10-9-16-4-7-18(8-5-16)30(22,28)29/h3-8,11-13H,9-10H2,1-2H3,(H2,22,28,29)(H,23,24,25). The number of anilines is 1. The third-order valence-corrected chi connectivity index (χ3v) is 5.99. The number of benzene rings is 2. The molecule has 0 aliphatic heterocycles. The van der Waals surface area contributed by atoms with Gasteiger partial charge in [-0.1, -0.05) is 18.2 Å². The minimum atomic E-state index is -3.68. The van der Waals surface area contributed by atoms with Crippen LogP contribution >= 0.6 is 0 Å². The van der Waals surface area contributed by atoms with Gasteiger partial charge in [-0.3, -0.25) is 0 Å². The van der Waals surface area contributed by atoms with Crippen LogP contribution in [0.2, 0.25) is 0 Å². The lowest BCUT2D eigenvalue weighted by Crippen LogP contribution is -2.12. The predicted molar refractivity (Wildman–Crippen MR) is 116 cm³/mol. The molecular weight excluding hydrogens is 400 g/mol. The Morgan fingerprint density at radius 2 is 1.80 bits per heavy atom. The molecule has 0 bridgehead atoms. The molecule has 0 unspecified atom stereocenters. The van der Waals surface area contributed by atoms with E-state index in [-0.39, 0.29) is 4.90 Å². The second-order valence-electron chi connectivity index (χ2n) is 7.15. The van der Waals surface area contributed by atoms with Crippen LogP contribution in [0.5, 0.6) is 0 Å². The van der Waals surface area contributed by atoms with Gasteiger partial charge in [0.15, 0.2) is 5.65 Å². The summed E-state index contributed by atoms with van der Waals surface area (Å²) in [5.41, 5.74) is 5.09. The van der Waals surface area contributed by atoms with Crippen LogP contribution in [0, 0.1) is 13.8 Å². The van der Waals surface area contributed by atoms with Crippen LogP contribution in [-0.2, 0) is 16.4 Å². The Hall–Kier alpha value is -3.30. The fourth-order valence-corrected chi connectivity index (χ4v) is 3.72. The van der Waals surface area contributed by atoms with Crippen molar-refractivity contribution in [3.8, 4) is 5.69 Å². The van der Waals surface area contributed by atoms with Gasteiger partial charge < -0.3 is 5.32 Å². The molecule has 2 aromatic heterocycles. The molecule has 0 amide bonds. The van der Waals surface area contributed by atoms with E-state index in [2.05, 4.69) is 46.4 Å². The molecule has 3 N–H and O–H groups in total. The Kier molecular flexibility index (Phi) is 5.23. The molecule has 0 spiro atoms. The molecule has 2 aromatic carbocycles. The number of hydrogen-bond donors (Lipinski definition) is 2. The minimum absolute atomic E-state index is 0.107. The summed E-state index contributed by atoms with van der Waals surface area (Å²) >= 11 is 0. The van der Waals surface area contributed by atoms with Gasteiger partial charge in [0.25, 0.3) is 0 Å². The molecule has 154 valence electrons. The average Bonchev–Trinajstić information content (AvgIpc) is 3.15. The Labute approximate surface area is 174 Å². The van der Waals surface area contributed by atoms with Crippen molar-refractivity contribution in [2.45, 2.75) is 25.2 Å². The quantitative estimate of drug-likeness (QED) is 0.494. The first-order valence-electron chi connectivity index (χ1n) is 9.45. The number of aryl methyl sites for hydroxylation is 2. The largest absolute Gasteiger partial charge is 0.369 e. The lowest BCUT2D eigenvalue weighted by Gasteiger charge is -2.08. The number of nitrogens with two attached hydrogens (primary N) is 1. The zero-order valence-corrected chi connectivity index (χ0v) is 17.5. The number of hydrogen-bond acceptors (Lipinski definition) is 6. The number of nitrogens with zero attached hydrogens (tertiary/aromatic N) is 4. The number of sulfonamides is 1. The van der Waals surface area contributed by atoms with Crippen LogP contribution < -0.4 is 10.5 Å². The van der Waals surface area contributed by atoms with Crippen molar-refractivity contribution < 1.29 is 8.42 Å². The lowest BCUT2D eigenvalue weighted by atomic mass is 10.1. The molecule has 30 heavy (non-hydrogen) atoms. The number of rotatable bonds is 6. The first-order valence-corrected chi connectivity index (χ1v) is 11.0. The third kappa shape index (κ3) is 4.03. The SMILES string of the molecule is Cc1ccc(-n2ncc3c(NCCc4ccc(S(N)(=O)=O)cc4)ncnc32)cc1C. The number of aromatic nitrogens is 4. The fraction of sp³-hybridized carbons (Fsp3) is 0.190. The van der Waals surface area contributed by atoms with Gasteiger partial charge in [0.1, 0.15) is 12.1 Å². The van der Waals surface area contributed by atoms with Crippen LogP contribution in [0.15, 0.2) is 59.9 Å². The molecule has 9 heteroatoms. The highest BCUT2D eigenvalue weighted by molar-refractivity contribution is 7.89. The van der Waals surface area contributed by atoms with Crippen molar-refractivity contribution in [1.29, 1.82) is 0 Å². The van der Waals surface area contributed by atoms with E-state index < -0.39 is 10.0 Å². The van der Waals surface area contributed by atoms with Crippen LogP contribution in [0.1, 0.15) is 16.7 Å². The zero-order valence-electron chi connectivity index (χ0n) is 16.7. The van der Waals surface area contributed by atoms with Gasteiger partial charge in [-0.05, 0) is 61.2 Å². The topological polar surface area (TPSA) is 116 Å². The van der Waals surface area contributed by atoms with Crippen molar-refractivity contribution in [2.75, 3.05) is 11.9 Å². The molecule has 0 fully saturated rings. The van der Waals surface area contributed by atoms with Crippen LogP contribution in [0.3, 0.4) is 0 Å². The normalized spacial score (nSPS) is 11.7. The molecule has 2 heterocycles. The maximum atomic E-state index is 11.4. The highest BCUT2D eigenvalue weighted by Crippen LogP contribution is 2.23. The Morgan fingerprint density at radius 3 is 2.50 bits per heavy atom. The predicted octanol–water partition coefficient (Wildman–Crippen LogP) is 2.73. The van der Waals surface area contributed by atoms with E-state index in [1.807, 2.05) is 6.07 Å². The maximum absolute atomic E-state index is 11.4. The highest BCUT2D eigenvalue weighted by atomic mass is 32.2. The second kappa shape index (κ2) is 7.85. The van der Waals surface area contributed by atoms with Crippen molar-refractivity contribution >= 4 is 26.9 Å². The summed E-state index contributed by atoms with van der Waals surface area (Å²) in [4.78, 5) is 8.87. The zero-order chi connectivity index (χ0) is 21.3.